The van der Waals surface area contributed by atoms with Crippen molar-refractivity contribution in [2.24, 2.45) is 0 Å². The smallest absolute Gasteiger partial charge is 0.328 e. The number of rotatable bonds is 6. The van der Waals surface area contributed by atoms with Crippen LogP contribution in [0.15, 0.2) is 35.9 Å². The van der Waals surface area contributed by atoms with Crippen LogP contribution in [0.5, 0.6) is 0 Å². The van der Waals surface area contributed by atoms with Crippen LogP contribution in [-0.4, -0.2) is 23.7 Å². The predicted molar refractivity (Wildman–Crippen MR) is 72.0 cm³/mol. The highest BCUT2D eigenvalue weighted by Crippen LogP contribution is 2.33. The zero-order valence-corrected chi connectivity index (χ0v) is 11.6. The van der Waals surface area contributed by atoms with Crippen molar-refractivity contribution in [1.29, 1.82) is 0 Å². The number of hydrogen-bond donors (Lipinski definition) is 1. The van der Waals surface area contributed by atoms with Crippen LogP contribution in [0, 0.1) is 5.82 Å². The molecule has 1 unspecified atom stereocenters. The van der Waals surface area contributed by atoms with Gasteiger partial charge in [-0.1, -0.05) is 35.9 Å². The molecule has 0 aliphatic rings. The van der Waals surface area contributed by atoms with E-state index in [9.17, 15) is 19.1 Å². The van der Waals surface area contributed by atoms with Gasteiger partial charge in [-0.3, -0.25) is 9.59 Å². The molecule has 1 rings (SSSR count). The van der Waals surface area contributed by atoms with Gasteiger partial charge in [-0.15, -0.1) is 0 Å². The van der Waals surface area contributed by atoms with E-state index in [0.717, 1.165) is 11.6 Å². The van der Waals surface area contributed by atoms with Gasteiger partial charge in [0.1, 0.15) is 5.82 Å². The molecular formula is C14H14ClFO4. The van der Waals surface area contributed by atoms with Gasteiger partial charge >= 0.3 is 11.9 Å². The van der Waals surface area contributed by atoms with Gasteiger partial charge in [-0.25, -0.2) is 4.39 Å². The number of ether oxygens (including phenoxy) is 1. The first kappa shape index (κ1) is 16.2. The number of halogens is 2. The lowest BCUT2D eigenvalue weighted by molar-refractivity contribution is -0.161. The third-order valence-electron chi connectivity index (χ3n) is 2.84. The average Bonchev–Trinajstić information content (AvgIpc) is 2.41. The van der Waals surface area contributed by atoms with E-state index in [4.69, 9.17) is 16.3 Å². The molecule has 0 aliphatic carbocycles. The van der Waals surface area contributed by atoms with E-state index in [-0.39, 0.29) is 18.6 Å². The predicted octanol–water partition coefficient (Wildman–Crippen LogP) is 2.85. The first-order valence-corrected chi connectivity index (χ1v) is 6.35. The lowest BCUT2D eigenvalue weighted by Gasteiger charge is -2.26. The Labute approximate surface area is 120 Å². The van der Waals surface area contributed by atoms with Crippen molar-refractivity contribution in [3.63, 3.8) is 0 Å². The molecule has 0 aromatic heterocycles. The highest BCUT2D eigenvalue weighted by molar-refractivity contribution is 6.25. The molecule has 0 radical (unpaired) electrons. The summed E-state index contributed by atoms with van der Waals surface area (Å²) in [7, 11) is 0. The summed E-state index contributed by atoms with van der Waals surface area (Å²) >= 11 is 5.40. The SMILES string of the molecule is CCOC(=O)C(C/C=C/Cl)(C(=O)O)c1ccccc1F. The lowest BCUT2D eigenvalue weighted by atomic mass is 9.77. The average molecular weight is 301 g/mol. The van der Waals surface area contributed by atoms with E-state index in [2.05, 4.69) is 0 Å². The van der Waals surface area contributed by atoms with Crippen molar-refractivity contribution < 1.29 is 23.8 Å². The van der Waals surface area contributed by atoms with Gasteiger partial charge in [-0.2, -0.15) is 0 Å². The number of aliphatic carboxylic acids is 1. The number of benzene rings is 1. The van der Waals surface area contributed by atoms with E-state index in [1.54, 1.807) is 6.92 Å². The van der Waals surface area contributed by atoms with Crippen molar-refractivity contribution in [1.82, 2.24) is 0 Å². The van der Waals surface area contributed by atoms with Crippen LogP contribution < -0.4 is 0 Å². The number of esters is 1. The quantitative estimate of drug-likeness (QED) is 0.648. The summed E-state index contributed by atoms with van der Waals surface area (Å²) in [6.07, 6.45) is 0.977. The Hall–Kier alpha value is -1.88. The summed E-state index contributed by atoms with van der Waals surface area (Å²) in [6, 6.07) is 5.22. The Morgan fingerprint density at radius 1 is 1.45 bits per heavy atom. The second-order valence-corrected chi connectivity index (χ2v) is 4.23. The molecule has 0 saturated carbocycles. The van der Waals surface area contributed by atoms with Crippen LogP contribution in [0.25, 0.3) is 0 Å². The van der Waals surface area contributed by atoms with E-state index >= 15 is 0 Å². The van der Waals surface area contributed by atoms with Gasteiger partial charge in [0, 0.05) is 11.1 Å². The normalized spacial score (nSPS) is 13.9. The van der Waals surface area contributed by atoms with Gasteiger partial charge in [-0.05, 0) is 19.4 Å². The molecule has 0 aliphatic heterocycles. The minimum absolute atomic E-state index is 0.00704. The zero-order chi connectivity index (χ0) is 15.2. The Morgan fingerprint density at radius 3 is 2.60 bits per heavy atom. The molecule has 0 amide bonds. The maximum atomic E-state index is 13.9. The first-order valence-electron chi connectivity index (χ1n) is 5.91. The minimum Gasteiger partial charge on any atom is -0.480 e. The topological polar surface area (TPSA) is 63.6 Å². The summed E-state index contributed by atoms with van der Waals surface area (Å²) in [6.45, 7) is 1.54. The van der Waals surface area contributed by atoms with E-state index in [1.165, 1.54) is 24.3 Å². The number of carboxylic acids is 1. The first-order chi connectivity index (χ1) is 9.50. The zero-order valence-electron chi connectivity index (χ0n) is 10.8. The molecule has 1 aromatic rings. The standard InChI is InChI=1S/C14H14ClFO4/c1-2-20-13(19)14(12(17)18,8-5-9-15)10-6-3-4-7-11(10)16/h3-7,9H,2,8H2,1H3,(H,17,18)/b9-5+. The fraction of sp³-hybridized carbons (Fsp3) is 0.286. The van der Waals surface area contributed by atoms with Crippen LogP contribution in [-0.2, 0) is 19.7 Å². The van der Waals surface area contributed by atoms with Crippen LogP contribution in [0.2, 0.25) is 0 Å². The molecule has 1 aromatic carbocycles. The van der Waals surface area contributed by atoms with Gasteiger partial charge in [0.25, 0.3) is 0 Å². The third kappa shape index (κ3) is 2.99. The Kier molecular flexibility index (Phi) is 5.70. The van der Waals surface area contributed by atoms with Crippen molar-refractivity contribution in [3.8, 4) is 0 Å². The maximum absolute atomic E-state index is 13.9. The maximum Gasteiger partial charge on any atom is 0.328 e. The number of allylic oxidation sites excluding steroid dienone is 1. The van der Waals surface area contributed by atoms with Crippen LogP contribution in [0.1, 0.15) is 18.9 Å². The Balaban J connectivity index is 3.48. The lowest BCUT2D eigenvalue weighted by Crippen LogP contribution is -2.45. The van der Waals surface area contributed by atoms with Gasteiger partial charge in [0.05, 0.1) is 6.61 Å². The number of carbonyl (C=O) groups excluding carboxylic acids is 1. The third-order valence-corrected chi connectivity index (χ3v) is 3.01. The number of carbonyl (C=O) groups is 2. The van der Waals surface area contributed by atoms with Crippen molar-refractivity contribution in [3.05, 3.63) is 47.3 Å². The second kappa shape index (κ2) is 7.05. The largest absolute Gasteiger partial charge is 0.480 e. The van der Waals surface area contributed by atoms with E-state index in [1.807, 2.05) is 0 Å². The monoisotopic (exact) mass is 300 g/mol. The second-order valence-electron chi connectivity index (χ2n) is 3.98. The van der Waals surface area contributed by atoms with Crippen LogP contribution in [0.4, 0.5) is 4.39 Å². The molecule has 108 valence electrons. The molecule has 0 fully saturated rings. The van der Waals surface area contributed by atoms with E-state index in [0.29, 0.717) is 0 Å². The minimum atomic E-state index is -2.15. The Bertz CT molecular complexity index is 530. The molecule has 4 nitrogen and oxygen atoms in total. The summed E-state index contributed by atoms with van der Waals surface area (Å²) < 4.78 is 18.8. The van der Waals surface area contributed by atoms with Crippen LogP contribution >= 0.6 is 11.6 Å². The molecule has 6 heteroatoms. The van der Waals surface area contributed by atoms with Gasteiger partial charge < -0.3 is 9.84 Å². The molecule has 1 atom stereocenters. The molecule has 1 N–H and O–H groups in total. The van der Waals surface area contributed by atoms with E-state index < -0.39 is 23.2 Å². The van der Waals surface area contributed by atoms with Crippen LogP contribution in [0.3, 0.4) is 0 Å². The number of hydrogen-bond acceptors (Lipinski definition) is 3. The fourth-order valence-corrected chi connectivity index (χ4v) is 1.97. The van der Waals surface area contributed by atoms with Crippen molar-refractivity contribution in [2.45, 2.75) is 18.8 Å². The Morgan fingerprint density at radius 2 is 2.10 bits per heavy atom. The fourth-order valence-electron chi connectivity index (χ4n) is 1.88. The number of carboxylic acid groups (broad SMARTS) is 1. The summed E-state index contributed by atoms with van der Waals surface area (Å²) in [5.74, 6) is -3.30. The molecule has 0 bridgehead atoms. The summed E-state index contributed by atoms with van der Waals surface area (Å²) in [5.41, 5.74) is -1.31. The van der Waals surface area contributed by atoms with Crippen molar-refractivity contribution >= 4 is 23.5 Å². The summed E-state index contributed by atoms with van der Waals surface area (Å²) in [5, 5.41) is 9.48. The molecule has 20 heavy (non-hydrogen) atoms. The molecule has 0 heterocycles. The molecule has 0 spiro atoms. The highest BCUT2D eigenvalue weighted by Gasteiger charge is 2.50. The van der Waals surface area contributed by atoms with Crippen molar-refractivity contribution in [2.75, 3.05) is 6.61 Å². The van der Waals surface area contributed by atoms with Gasteiger partial charge in [0.2, 0.25) is 0 Å². The molecule has 0 saturated heterocycles. The molecular weight excluding hydrogens is 287 g/mol. The van der Waals surface area contributed by atoms with Gasteiger partial charge in [0.15, 0.2) is 5.41 Å². The summed E-state index contributed by atoms with van der Waals surface area (Å²) in [4.78, 5) is 23.8. The highest BCUT2D eigenvalue weighted by atomic mass is 35.5.